The molecular weight excluding hydrogens is 221 g/mol. The Hall–Kier alpha value is -2.17. The Bertz CT molecular complexity index is 494. The van der Waals surface area contributed by atoms with E-state index in [4.69, 9.17) is 11.1 Å². The standard InChI is InChI=1S/C12H14FN3O/c1-7(12(15)16-8(2)17)11(14)9-4-3-5-10(13)6-9/h3-6,14H,15H2,1-2H3,(H,16,17)/b12-7+,14-11?. The van der Waals surface area contributed by atoms with Crippen molar-refractivity contribution >= 4 is 11.6 Å². The first-order valence-electron chi connectivity index (χ1n) is 5.00. The molecule has 0 heterocycles. The fourth-order valence-corrected chi connectivity index (χ4v) is 1.28. The number of hydrogen-bond acceptors (Lipinski definition) is 3. The summed E-state index contributed by atoms with van der Waals surface area (Å²) in [5, 5.41) is 10.2. The topological polar surface area (TPSA) is 79.0 Å². The Morgan fingerprint density at radius 1 is 1.41 bits per heavy atom. The number of amides is 1. The summed E-state index contributed by atoms with van der Waals surface area (Å²) in [6.07, 6.45) is 0. The molecule has 0 fully saturated rings. The van der Waals surface area contributed by atoms with Gasteiger partial charge in [0, 0.05) is 18.1 Å². The van der Waals surface area contributed by atoms with Gasteiger partial charge in [0.05, 0.1) is 5.71 Å². The largest absolute Gasteiger partial charge is 0.385 e. The molecule has 0 aromatic heterocycles. The average molecular weight is 235 g/mol. The van der Waals surface area contributed by atoms with Crippen LogP contribution in [0.4, 0.5) is 4.39 Å². The summed E-state index contributed by atoms with van der Waals surface area (Å²) in [7, 11) is 0. The van der Waals surface area contributed by atoms with E-state index in [-0.39, 0.29) is 17.4 Å². The highest BCUT2D eigenvalue weighted by Crippen LogP contribution is 2.10. The third kappa shape index (κ3) is 3.41. The molecule has 4 N–H and O–H groups in total. The van der Waals surface area contributed by atoms with Crippen LogP contribution in [-0.4, -0.2) is 11.6 Å². The first-order chi connectivity index (χ1) is 7.91. The van der Waals surface area contributed by atoms with Gasteiger partial charge < -0.3 is 11.1 Å². The van der Waals surface area contributed by atoms with E-state index in [0.717, 1.165) is 0 Å². The van der Waals surface area contributed by atoms with E-state index < -0.39 is 5.82 Å². The van der Waals surface area contributed by atoms with Crippen molar-refractivity contribution < 1.29 is 9.18 Å². The van der Waals surface area contributed by atoms with Crippen LogP contribution in [0.15, 0.2) is 35.7 Å². The summed E-state index contributed by atoms with van der Waals surface area (Å²) in [6, 6.07) is 5.66. The van der Waals surface area contributed by atoms with Gasteiger partial charge in [0.25, 0.3) is 0 Å². The number of hydrogen-bond donors (Lipinski definition) is 3. The molecule has 0 saturated carbocycles. The van der Waals surface area contributed by atoms with Gasteiger partial charge >= 0.3 is 0 Å². The first kappa shape index (κ1) is 12.9. The van der Waals surface area contributed by atoms with Gasteiger partial charge in [-0.2, -0.15) is 0 Å². The quantitative estimate of drug-likeness (QED) is 0.694. The first-order valence-corrected chi connectivity index (χ1v) is 5.00. The van der Waals surface area contributed by atoms with Gasteiger partial charge in [-0.05, 0) is 19.1 Å². The van der Waals surface area contributed by atoms with Crippen LogP contribution in [0.1, 0.15) is 19.4 Å². The lowest BCUT2D eigenvalue weighted by molar-refractivity contribution is -0.118. The molecule has 1 rings (SSSR count). The third-order valence-electron chi connectivity index (χ3n) is 2.20. The second kappa shape index (κ2) is 5.25. The molecule has 0 aliphatic heterocycles. The maximum atomic E-state index is 13.0. The van der Waals surface area contributed by atoms with Crippen LogP contribution in [-0.2, 0) is 4.79 Å². The minimum atomic E-state index is -0.418. The number of nitrogens with two attached hydrogens (primary N) is 1. The zero-order valence-electron chi connectivity index (χ0n) is 9.67. The summed E-state index contributed by atoms with van der Waals surface area (Å²) in [4.78, 5) is 10.8. The van der Waals surface area contributed by atoms with Crippen LogP contribution < -0.4 is 11.1 Å². The second-order valence-electron chi connectivity index (χ2n) is 3.61. The number of benzene rings is 1. The molecule has 0 radical (unpaired) electrons. The molecule has 0 aliphatic rings. The van der Waals surface area contributed by atoms with Gasteiger partial charge in [0.2, 0.25) is 5.91 Å². The van der Waals surface area contributed by atoms with E-state index in [1.54, 1.807) is 13.0 Å². The maximum Gasteiger partial charge on any atom is 0.222 e. The lowest BCUT2D eigenvalue weighted by atomic mass is 10.0. The van der Waals surface area contributed by atoms with Crippen molar-refractivity contribution in [3.8, 4) is 0 Å². The van der Waals surface area contributed by atoms with Crippen molar-refractivity contribution in [2.45, 2.75) is 13.8 Å². The fraction of sp³-hybridized carbons (Fsp3) is 0.167. The molecule has 0 saturated heterocycles. The summed E-state index contributed by atoms with van der Waals surface area (Å²) in [5.41, 5.74) is 6.49. The van der Waals surface area contributed by atoms with Crippen molar-refractivity contribution in [1.82, 2.24) is 5.32 Å². The number of halogens is 1. The molecule has 1 amide bonds. The summed E-state index contributed by atoms with van der Waals surface area (Å²) >= 11 is 0. The Morgan fingerprint density at radius 2 is 2.06 bits per heavy atom. The van der Waals surface area contributed by atoms with E-state index in [0.29, 0.717) is 11.1 Å². The molecule has 4 nitrogen and oxygen atoms in total. The van der Waals surface area contributed by atoms with Crippen LogP contribution in [0, 0.1) is 11.2 Å². The highest BCUT2D eigenvalue weighted by atomic mass is 19.1. The van der Waals surface area contributed by atoms with Crippen molar-refractivity contribution in [2.24, 2.45) is 5.73 Å². The highest BCUT2D eigenvalue weighted by Gasteiger charge is 2.09. The molecule has 1 aromatic rings. The molecule has 1 aromatic carbocycles. The van der Waals surface area contributed by atoms with Gasteiger partial charge in [-0.15, -0.1) is 0 Å². The molecule has 0 bridgehead atoms. The lowest BCUT2D eigenvalue weighted by Gasteiger charge is -2.09. The maximum absolute atomic E-state index is 13.0. The van der Waals surface area contributed by atoms with Gasteiger partial charge in [-0.1, -0.05) is 12.1 Å². The van der Waals surface area contributed by atoms with Crippen LogP contribution in [0.5, 0.6) is 0 Å². The van der Waals surface area contributed by atoms with E-state index in [2.05, 4.69) is 5.32 Å². The zero-order chi connectivity index (χ0) is 13.0. The smallest absolute Gasteiger partial charge is 0.222 e. The van der Waals surface area contributed by atoms with E-state index in [1.165, 1.54) is 25.1 Å². The predicted molar refractivity (Wildman–Crippen MR) is 63.9 cm³/mol. The average Bonchev–Trinajstić information content (AvgIpc) is 2.26. The Morgan fingerprint density at radius 3 is 2.59 bits per heavy atom. The molecular formula is C12H14FN3O. The number of rotatable bonds is 3. The Labute approximate surface area is 98.8 Å². The Kier molecular flexibility index (Phi) is 3.98. The van der Waals surface area contributed by atoms with E-state index >= 15 is 0 Å². The SMILES string of the molecule is CC(=O)N/C(N)=C(\C)C(=N)c1cccc(F)c1. The fourth-order valence-electron chi connectivity index (χ4n) is 1.28. The second-order valence-corrected chi connectivity index (χ2v) is 3.61. The van der Waals surface area contributed by atoms with Crippen LogP contribution >= 0.6 is 0 Å². The molecule has 17 heavy (non-hydrogen) atoms. The van der Waals surface area contributed by atoms with Gasteiger partial charge in [-0.3, -0.25) is 10.2 Å². The number of nitrogens with one attached hydrogen (secondary N) is 2. The molecule has 0 atom stereocenters. The third-order valence-corrected chi connectivity index (χ3v) is 2.20. The van der Waals surface area contributed by atoms with Crippen LogP contribution in [0.2, 0.25) is 0 Å². The monoisotopic (exact) mass is 235 g/mol. The van der Waals surface area contributed by atoms with Crippen LogP contribution in [0.3, 0.4) is 0 Å². The summed E-state index contributed by atoms with van der Waals surface area (Å²) in [6.45, 7) is 2.92. The number of carbonyl (C=O) groups excluding carboxylic acids is 1. The van der Waals surface area contributed by atoms with Crippen molar-refractivity contribution in [1.29, 1.82) is 5.41 Å². The minimum Gasteiger partial charge on any atom is -0.385 e. The van der Waals surface area contributed by atoms with Crippen molar-refractivity contribution in [2.75, 3.05) is 0 Å². The molecule has 0 unspecified atom stereocenters. The van der Waals surface area contributed by atoms with Crippen LogP contribution in [0.25, 0.3) is 0 Å². The predicted octanol–water partition coefficient (Wildman–Crippen LogP) is 1.52. The molecule has 0 spiro atoms. The molecule has 90 valence electrons. The highest BCUT2D eigenvalue weighted by molar-refractivity contribution is 6.10. The van der Waals surface area contributed by atoms with E-state index in [1.807, 2.05) is 0 Å². The molecule has 0 aliphatic carbocycles. The van der Waals surface area contributed by atoms with Gasteiger partial charge in [0.15, 0.2) is 0 Å². The van der Waals surface area contributed by atoms with Crippen molar-refractivity contribution in [3.63, 3.8) is 0 Å². The van der Waals surface area contributed by atoms with Gasteiger partial charge in [0.1, 0.15) is 11.6 Å². The normalized spacial score (nSPS) is 11.7. The van der Waals surface area contributed by atoms with E-state index in [9.17, 15) is 9.18 Å². The Balaban J connectivity index is 3.01. The number of allylic oxidation sites excluding steroid dienone is 1. The zero-order valence-corrected chi connectivity index (χ0v) is 9.67. The van der Waals surface area contributed by atoms with Gasteiger partial charge in [-0.25, -0.2) is 4.39 Å². The minimum absolute atomic E-state index is 0.0794. The lowest BCUT2D eigenvalue weighted by Crippen LogP contribution is -2.27. The van der Waals surface area contributed by atoms with Crippen molar-refractivity contribution in [3.05, 3.63) is 47.0 Å². The molecule has 5 heteroatoms. The number of carbonyl (C=O) groups is 1. The summed E-state index contributed by atoms with van der Waals surface area (Å²) in [5.74, 6) is -0.626. The summed E-state index contributed by atoms with van der Waals surface area (Å²) < 4.78 is 13.0.